The Balaban J connectivity index is 2.31. The Kier molecular flexibility index (Phi) is 3.65. The van der Waals surface area contributed by atoms with Gasteiger partial charge in [-0.25, -0.2) is 4.98 Å². The van der Waals surface area contributed by atoms with Crippen LogP contribution in [0.1, 0.15) is 32.6 Å². The summed E-state index contributed by atoms with van der Waals surface area (Å²) in [6, 6.07) is 7.97. The first kappa shape index (κ1) is 13.3. The van der Waals surface area contributed by atoms with Crippen LogP contribution >= 0.6 is 0 Å². The molecule has 0 radical (unpaired) electrons. The van der Waals surface area contributed by atoms with Crippen molar-refractivity contribution in [2.24, 2.45) is 0 Å². The van der Waals surface area contributed by atoms with Crippen molar-refractivity contribution in [3.05, 3.63) is 58.3 Å². The summed E-state index contributed by atoms with van der Waals surface area (Å²) in [5.41, 5.74) is 10.6. The monoisotopic (exact) mass is 254 g/mol. The number of rotatable bonds is 3. The molecule has 3 nitrogen and oxygen atoms in total. The van der Waals surface area contributed by atoms with Crippen molar-refractivity contribution < 1.29 is 4.79 Å². The lowest BCUT2D eigenvalue weighted by atomic mass is 9.98. The second-order valence-corrected chi connectivity index (χ2v) is 4.98. The first-order chi connectivity index (χ1) is 8.97. The number of nitrogens with two attached hydrogens (primary N) is 1. The van der Waals surface area contributed by atoms with Gasteiger partial charge in [0.05, 0.1) is 5.56 Å². The number of aryl methyl sites for hydroxylation is 3. The molecule has 1 aromatic carbocycles. The van der Waals surface area contributed by atoms with Crippen LogP contribution in [0.15, 0.2) is 30.5 Å². The van der Waals surface area contributed by atoms with E-state index in [0.29, 0.717) is 17.8 Å². The van der Waals surface area contributed by atoms with E-state index in [0.717, 1.165) is 11.1 Å². The summed E-state index contributed by atoms with van der Waals surface area (Å²) >= 11 is 0. The fourth-order valence-electron chi connectivity index (χ4n) is 2.39. The molecule has 0 bridgehead atoms. The molecule has 0 aliphatic rings. The zero-order chi connectivity index (χ0) is 14.0. The normalized spacial score (nSPS) is 10.5. The van der Waals surface area contributed by atoms with E-state index in [9.17, 15) is 4.79 Å². The first-order valence-electron chi connectivity index (χ1n) is 6.29. The number of nitrogen functional groups attached to an aromatic ring is 1. The fourth-order valence-corrected chi connectivity index (χ4v) is 2.39. The van der Waals surface area contributed by atoms with E-state index < -0.39 is 0 Å². The van der Waals surface area contributed by atoms with E-state index in [4.69, 9.17) is 5.73 Å². The van der Waals surface area contributed by atoms with Crippen LogP contribution in [0, 0.1) is 20.8 Å². The van der Waals surface area contributed by atoms with Gasteiger partial charge in [-0.05, 0) is 38.0 Å². The van der Waals surface area contributed by atoms with E-state index in [-0.39, 0.29) is 5.78 Å². The van der Waals surface area contributed by atoms with Crippen molar-refractivity contribution in [1.29, 1.82) is 0 Å². The Labute approximate surface area is 113 Å². The highest BCUT2D eigenvalue weighted by atomic mass is 16.1. The number of benzene rings is 1. The average molecular weight is 254 g/mol. The first-order valence-corrected chi connectivity index (χ1v) is 6.29. The topological polar surface area (TPSA) is 56.0 Å². The minimum Gasteiger partial charge on any atom is -0.383 e. The predicted octanol–water partition coefficient (Wildman–Crippen LogP) is 3.01. The van der Waals surface area contributed by atoms with Crippen molar-refractivity contribution in [2.75, 3.05) is 5.73 Å². The molecule has 2 aromatic rings. The van der Waals surface area contributed by atoms with Gasteiger partial charge in [-0.3, -0.25) is 4.79 Å². The highest BCUT2D eigenvalue weighted by Crippen LogP contribution is 2.18. The van der Waals surface area contributed by atoms with Gasteiger partial charge in [0.2, 0.25) is 0 Å². The lowest BCUT2D eigenvalue weighted by Crippen LogP contribution is -2.10. The van der Waals surface area contributed by atoms with Gasteiger partial charge >= 0.3 is 0 Å². The molecule has 3 heteroatoms. The second kappa shape index (κ2) is 5.22. The van der Waals surface area contributed by atoms with Gasteiger partial charge in [0.15, 0.2) is 5.78 Å². The van der Waals surface area contributed by atoms with Crippen LogP contribution < -0.4 is 5.73 Å². The molecule has 2 N–H and O–H groups in total. The molecule has 0 atom stereocenters. The van der Waals surface area contributed by atoms with Gasteiger partial charge in [0.25, 0.3) is 0 Å². The van der Waals surface area contributed by atoms with Gasteiger partial charge in [0, 0.05) is 12.6 Å². The Morgan fingerprint density at radius 3 is 2.37 bits per heavy atom. The number of hydrogen-bond acceptors (Lipinski definition) is 3. The molecule has 0 unspecified atom stereocenters. The molecule has 1 aromatic heterocycles. The van der Waals surface area contributed by atoms with E-state index >= 15 is 0 Å². The fraction of sp³-hybridized carbons (Fsp3) is 0.250. The third-order valence-corrected chi connectivity index (χ3v) is 3.11. The number of aromatic nitrogens is 1. The molecule has 0 aliphatic heterocycles. The molecule has 0 aliphatic carbocycles. The minimum absolute atomic E-state index is 0.0214. The van der Waals surface area contributed by atoms with Crippen LogP contribution in [-0.4, -0.2) is 10.8 Å². The van der Waals surface area contributed by atoms with Crippen LogP contribution in [0.25, 0.3) is 0 Å². The number of carbonyl (C=O) groups excluding carboxylic acids is 1. The van der Waals surface area contributed by atoms with Crippen LogP contribution in [-0.2, 0) is 6.42 Å². The largest absolute Gasteiger partial charge is 0.383 e. The maximum Gasteiger partial charge on any atom is 0.171 e. The summed E-state index contributed by atoms with van der Waals surface area (Å²) in [5.74, 6) is 0.336. The summed E-state index contributed by atoms with van der Waals surface area (Å²) in [4.78, 5) is 16.4. The molecule has 1 heterocycles. The zero-order valence-electron chi connectivity index (χ0n) is 11.5. The maximum absolute atomic E-state index is 12.4. The van der Waals surface area contributed by atoms with Gasteiger partial charge in [-0.2, -0.15) is 0 Å². The Bertz CT molecular complexity index is 592. The molecule has 19 heavy (non-hydrogen) atoms. The van der Waals surface area contributed by atoms with Gasteiger partial charge < -0.3 is 5.73 Å². The average Bonchev–Trinajstić information content (AvgIpc) is 2.26. The van der Waals surface area contributed by atoms with Crippen LogP contribution in [0.3, 0.4) is 0 Å². The number of Topliss-reactive ketones (excluding diaryl/α,β-unsaturated/α-hetero) is 1. The van der Waals surface area contributed by atoms with E-state index in [1.54, 1.807) is 6.20 Å². The van der Waals surface area contributed by atoms with Crippen LogP contribution in [0.4, 0.5) is 5.82 Å². The number of hydrogen-bond donors (Lipinski definition) is 1. The molecular weight excluding hydrogens is 236 g/mol. The molecule has 98 valence electrons. The number of anilines is 1. The summed E-state index contributed by atoms with van der Waals surface area (Å²) in [7, 11) is 0. The van der Waals surface area contributed by atoms with Gasteiger partial charge in [-0.1, -0.05) is 29.3 Å². The maximum atomic E-state index is 12.4. The van der Waals surface area contributed by atoms with Crippen LogP contribution in [0.5, 0.6) is 0 Å². The highest BCUT2D eigenvalue weighted by molar-refractivity contribution is 6.02. The molecule has 0 fully saturated rings. The smallest absolute Gasteiger partial charge is 0.171 e. The molecular formula is C16H18N2O. The minimum atomic E-state index is 0.0214. The van der Waals surface area contributed by atoms with Gasteiger partial charge in [-0.15, -0.1) is 0 Å². The second-order valence-electron chi connectivity index (χ2n) is 4.98. The lowest BCUT2D eigenvalue weighted by molar-refractivity contribution is 0.0993. The summed E-state index contributed by atoms with van der Waals surface area (Å²) < 4.78 is 0. The molecule has 0 spiro atoms. The predicted molar refractivity (Wildman–Crippen MR) is 77.3 cm³/mol. The lowest BCUT2D eigenvalue weighted by Gasteiger charge is -2.08. The Morgan fingerprint density at radius 2 is 1.79 bits per heavy atom. The number of carbonyl (C=O) groups is 1. The summed E-state index contributed by atoms with van der Waals surface area (Å²) in [6.07, 6.45) is 1.98. The van der Waals surface area contributed by atoms with Crippen molar-refractivity contribution in [3.63, 3.8) is 0 Å². The number of nitrogens with zero attached hydrogens (tertiary/aromatic N) is 1. The Hall–Kier alpha value is -2.16. The SMILES string of the molecule is Cc1cc(C)cc(CC(=O)c2c(C)ccnc2N)c1. The van der Waals surface area contributed by atoms with E-state index in [1.807, 2.05) is 39.0 Å². The van der Waals surface area contributed by atoms with Crippen molar-refractivity contribution in [2.45, 2.75) is 27.2 Å². The third kappa shape index (κ3) is 2.99. The summed E-state index contributed by atoms with van der Waals surface area (Å²) in [6.45, 7) is 5.95. The van der Waals surface area contributed by atoms with Gasteiger partial charge in [0.1, 0.15) is 5.82 Å². The summed E-state index contributed by atoms with van der Waals surface area (Å²) in [5, 5.41) is 0. The van der Waals surface area contributed by atoms with E-state index in [1.165, 1.54) is 11.1 Å². The molecule has 0 saturated carbocycles. The standard InChI is InChI=1S/C16H18N2O/c1-10-6-11(2)8-13(7-10)9-14(19)15-12(3)4-5-18-16(15)17/h4-8H,9H2,1-3H3,(H2,17,18). The highest BCUT2D eigenvalue weighted by Gasteiger charge is 2.14. The Morgan fingerprint density at radius 1 is 1.16 bits per heavy atom. The number of pyridine rings is 1. The van der Waals surface area contributed by atoms with Crippen molar-refractivity contribution in [1.82, 2.24) is 4.98 Å². The molecule has 0 amide bonds. The molecule has 0 saturated heterocycles. The van der Waals surface area contributed by atoms with Crippen LogP contribution in [0.2, 0.25) is 0 Å². The van der Waals surface area contributed by atoms with Crippen molar-refractivity contribution >= 4 is 11.6 Å². The van der Waals surface area contributed by atoms with E-state index in [2.05, 4.69) is 11.1 Å². The number of ketones is 1. The molecule has 2 rings (SSSR count). The third-order valence-electron chi connectivity index (χ3n) is 3.11. The zero-order valence-corrected chi connectivity index (χ0v) is 11.5. The van der Waals surface area contributed by atoms with Crippen molar-refractivity contribution in [3.8, 4) is 0 Å². The quantitative estimate of drug-likeness (QED) is 0.857.